The first-order valence-electron chi connectivity index (χ1n) is 6.24. The highest BCUT2D eigenvalue weighted by atomic mass is 32.2. The molecule has 5 nitrogen and oxygen atoms in total. The first-order chi connectivity index (χ1) is 9.85. The maximum Gasteiger partial charge on any atom is 0.263 e. The Hall–Kier alpha value is -2.52. The third-order valence-corrected chi connectivity index (χ3v) is 4.54. The van der Waals surface area contributed by atoms with Crippen LogP contribution in [0.5, 0.6) is 0 Å². The van der Waals surface area contributed by atoms with Crippen LogP contribution in [0.1, 0.15) is 16.7 Å². The van der Waals surface area contributed by atoms with Crippen LogP contribution in [0.4, 0.5) is 11.4 Å². The molecule has 2 aromatic rings. The van der Waals surface area contributed by atoms with E-state index in [-0.39, 0.29) is 10.5 Å². The molecule has 0 spiro atoms. The summed E-state index contributed by atoms with van der Waals surface area (Å²) in [6, 6.07) is 11.5. The standard InChI is InChI=1S/C15H15N3O2S/c1-10-4-3-5-11(2)15(10)18-21(19,20)14-7-6-13(17)8-12(14)9-16/h3-8,18H,17H2,1-2H3. The average molecular weight is 301 g/mol. The van der Waals surface area contributed by atoms with Gasteiger partial charge < -0.3 is 5.73 Å². The highest BCUT2D eigenvalue weighted by molar-refractivity contribution is 7.92. The largest absolute Gasteiger partial charge is 0.399 e. The van der Waals surface area contributed by atoms with Crippen molar-refractivity contribution in [1.29, 1.82) is 5.26 Å². The van der Waals surface area contributed by atoms with Gasteiger partial charge in [0.1, 0.15) is 11.0 Å². The van der Waals surface area contributed by atoms with Crippen molar-refractivity contribution < 1.29 is 8.42 Å². The van der Waals surface area contributed by atoms with Gasteiger partial charge in [-0.2, -0.15) is 5.26 Å². The summed E-state index contributed by atoms with van der Waals surface area (Å²) in [5.74, 6) is 0. The quantitative estimate of drug-likeness (QED) is 0.851. The number of anilines is 2. The molecule has 0 saturated carbocycles. The second-order valence-corrected chi connectivity index (χ2v) is 6.39. The summed E-state index contributed by atoms with van der Waals surface area (Å²) in [7, 11) is -3.85. The van der Waals surface area contributed by atoms with Crippen LogP contribution in [-0.4, -0.2) is 8.42 Å². The summed E-state index contributed by atoms with van der Waals surface area (Å²) in [5, 5.41) is 9.08. The Labute approximate surface area is 124 Å². The van der Waals surface area contributed by atoms with Crippen molar-refractivity contribution in [3.05, 3.63) is 53.1 Å². The van der Waals surface area contributed by atoms with E-state index in [4.69, 9.17) is 11.0 Å². The summed E-state index contributed by atoms with van der Waals surface area (Å²) in [6.45, 7) is 3.64. The molecule has 0 aliphatic rings. The lowest BCUT2D eigenvalue weighted by Gasteiger charge is -2.14. The number of nitrogen functional groups attached to an aromatic ring is 1. The van der Waals surface area contributed by atoms with Crippen molar-refractivity contribution in [2.45, 2.75) is 18.7 Å². The Balaban J connectivity index is 2.52. The van der Waals surface area contributed by atoms with Gasteiger partial charge in [-0.1, -0.05) is 18.2 Å². The molecule has 0 saturated heterocycles. The Morgan fingerprint density at radius 1 is 1.14 bits per heavy atom. The first-order valence-corrected chi connectivity index (χ1v) is 7.72. The fraction of sp³-hybridized carbons (Fsp3) is 0.133. The molecule has 0 bridgehead atoms. The molecule has 0 aliphatic carbocycles. The number of nitrogens with zero attached hydrogens (tertiary/aromatic N) is 1. The van der Waals surface area contributed by atoms with Gasteiger partial charge in [-0.05, 0) is 43.2 Å². The fourth-order valence-electron chi connectivity index (χ4n) is 2.03. The van der Waals surface area contributed by atoms with E-state index in [1.165, 1.54) is 18.2 Å². The van der Waals surface area contributed by atoms with Gasteiger partial charge in [0, 0.05) is 5.69 Å². The predicted octanol–water partition coefficient (Wildman–Crippen LogP) is 2.56. The van der Waals surface area contributed by atoms with E-state index in [2.05, 4.69) is 4.72 Å². The SMILES string of the molecule is Cc1cccc(C)c1NS(=O)(=O)c1ccc(N)cc1C#N. The molecule has 0 fully saturated rings. The molecule has 0 aromatic heterocycles. The lowest BCUT2D eigenvalue weighted by molar-refractivity contribution is 0.601. The van der Waals surface area contributed by atoms with Gasteiger partial charge in [0.05, 0.1) is 11.3 Å². The van der Waals surface area contributed by atoms with E-state index in [1.54, 1.807) is 0 Å². The molecular weight excluding hydrogens is 286 g/mol. The predicted molar refractivity (Wildman–Crippen MR) is 82.3 cm³/mol. The second kappa shape index (κ2) is 5.46. The molecule has 3 N–H and O–H groups in total. The molecule has 6 heteroatoms. The van der Waals surface area contributed by atoms with Crippen molar-refractivity contribution in [3.63, 3.8) is 0 Å². The minimum atomic E-state index is -3.85. The highest BCUT2D eigenvalue weighted by Crippen LogP contribution is 2.25. The summed E-state index contributed by atoms with van der Waals surface area (Å²) >= 11 is 0. The zero-order valence-electron chi connectivity index (χ0n) is 11.7. The zero-order chi connectivity index (χ0) is 15.6. The monoisotopic (exact) mass is 301 g/mol. The summed E-state index contributed by atoms with van der Waals surface area (Å²) in [5.41, 5.74) is 8.10. The fourth-order valence-corrected chi connectivity index (χ4v) is 3.38. The molecule has 2 aromatic carbocycles. The normalized spacial score (nSPS) is 10.9. The second-order valence-electron chi connectivity index (χ2n) is 4.74. The molecular formula is C15H15N3O2S. The molecule has 0 radical (unpaired) electrons. The smallest absolute Gasteiger partial charge is 0.263 e. The Morgan fingerprint density at radius 2 is 1.76 bits per heavy atom. The van der Waals surface area contributed by atoms with Gasteiger partial charge in [0.15, 0.2) is 0 Å². The van der Waals surface area contributed by atoms with Crippen LogP contribution in [0.15, 0.2) is 41.3 Å². The third kappa shape index (κ3) is 2.98. The molecule has 0 amide bonds. The van der Waals surface area contributed by atoms with Crippen molar-refractivity contribution in [2.75, 3.05) is 10.5 Å². The molecule has 2 rings (SSSR count). The number of hydrogen-bond donors (Lipinski definition) is 2. The van der Waals surface area contributed by atoms with Crippen LogP contribution >= 0.6 is 0 Å². The van der Waals surface area contributed by atoms with Gasteiger partial charge in [-0.15, -0.1) is 0 Å². The zero-order valence-corrected chi connectivity index (χ0v) is 12.5. The number of nitrogens with two attached hydrogens (primary N) is 1. The summed E-state index contributed by atoms with van der Waals surface area (Å²) in [6.07, 6.45) is 0. The van der Waals surface area contributed by atoms with Gasteiger partial charge >= 0.3 is 0 Å². The van der Waals surface area contributed by atoms with Gasteiger partial charge in [-0.3, -0.25) is 4.72 Å². The van der Waals surface area contributed by atoms with Crippen LogP contribution < -0.4 is 10.5 Å². The van der Waals surface area contributed by atoms with Crippen LogP contribution in [0, 0.1) is 25.2 Å². The van der Waals surface area contributed by atoms with E-state index in [0.717, 1.165) is 11.1 Å². The molecule has 108 valence electrons. The number of nitriles is 1. The number of aryl methyl sites for hydroxylation is 2. The van der Waals surface area contributed by atoms with Crippen LogP contribution in [0.3, 0.4) is 0 Å². The number of nitrogens with one attached hydrogen (secondary N) is 1. The van der Waals surface area contributed by atoms with Crippen LogP contribution in [0.2, 0.25) is 0 Å². The molecule has 21 heavy (non-hydrogen) atoms. The molecule has 0 heterocycles. The topological polar surface area (TPSA) is 96.0 Å². The van der Waals surface area contributed by atoms with Crippen molar-refractivity contribution in [3.8, 4) is 6.07 Å². The van der Waals surface area contributed by atoms with Gasteiger partial charge in [0.2, 0.25) is 0 Å². The highest BCUT2D eigenvalue weighted by Gasteiger charge is 2.20. The molecule has 0 unspecified atom stereocenters. The minimum Gasteiger partial charge on any atom is -0.399 e. The average Bonchev–Trinajstić information content (AvgIpc) is 2.42. The van der Waals surface area contributed by atoms with E-state index >= 15 is 0 Å². The van der Waals surface area contributed by atoms with E-state index < -0.39 is 10.0 Å². The Bertz CT molecular complexity index is 816. The number of benzene rings is 2. The number of para-hydroxylation sites is 1. The van der Waals surface area contributed by atoms with Crippen molar-refractivity contribution >= 4 is 21.4 Å². The van der Waals surface area contributed by atoms with E-state index in [1.807, 2.05) is 38.1 Å². The van der Waals surface area contributed by atoms with Crippen molar-refractivity contribution in [2.24, 2.45) is 0 Å². The number of sulfonamides is 1. The number of hydrogen-bond acceptors (Lipinski definition) is 4. The maximum absolute atomic E-state index is 12.5. The molecule has 0 atom stereocenters. The van der Waals surface area contributed by atoms with Crippen LogP contribution in [-0.2, 0) is 10.0 Å². The maximum atomic E-state index is 12.5. The summed E-state index contributed by atoms with van der Waals surface area (Å²) in [4.78, 5) is -0.0816. The van der Waals surface area contributed by atoms with Gasteiger partial charge in [0.25, 0.3) is 10.0 Å². The van der Waals surface area contributed by atoms with Crippen molar-refractivity contribution in [1.82, 2.24) is 0 Å². The minimum absolute atomic E-state index is 0.0220. The van der Waals surface area contributed by atoms with E-state index in [0.29, 0.717) is 11.4 Å². The van der Waals surface area contributed by atoms with E-state index in [9.17, 15) is 8.42 Å². The third-order valence-electron chi connectivity index (χ3n) is 3.13. The first kappa shape index (κ1) is 14.9. The number of rotatable bonds is 3. The molecule has 0 aliphatic heterocycles. The lowest BCUT2D eigenvalue weighted by Crippen LogP contribution is -2.16. The lowest BCUT2D eigenvalue weighted by atomic mass is 10.1. The van der Waals surface area contributed by atoms with Gasteiger partial charge in [-0.25, -0.2) is 8.42 Å². The Morgan fingerprint density at radius 3 is 2.33 bits per heavy atom. The Kier molecular flexibility index (Phi) is 3.87. The summed E-state index contributed by atoms with van der Waals surface area (Å²) < 4.78 is 27.5. The van der Waals surface area contributed by atoms with Crippen LogP contribution in [0.25, 0.3) is 0 Å².